The lowest BCUT2D eigenvalue weighted by molar-refractivity contribution is -0.119. The molecule has 3 aromatic rings. The number of carbonyl (C=O) groups is 1. The molecule has 2 aromatic heterocycles. The first-order valence-electron chi connectivity index (χ1n) is 9.35. The maximum atomic E-state index is 14.7. The summed E-state index contributed by atoms with van der Waals surface area (Å²) in [4.78, 5) is 11.4. The van der Waals surface area contributed by atoms with Gasteiger partial charge in [-0.15, -0.1) is 5.10 Å². The topological polar surface area (TPSA) is 70.3 Å². The van der Waals surface area contributed by atoms with Crippen LogP contribution in [-0.4, -0.2) is 39.4 Å². The smallest absolute Gasteiger partial charge is 0.232 e. The predicted octanol–water partition coefficient (Wildman–Crippen LogP) is 4.23. The number of fused-ring (bicyclic) bond motifs is 1. The molecule has 2 heterocycles. The molecule has 0 aliphatic carbocycles. The molecule has 1 N–H and O–H groups in total. The van der Waals surface area contributed by atoms with Crippen LogP contribution in [0.3, 0.4) is 0 Å². The Morgan fingerprint density at radius 3 is 2.70 bits per heavy atom. The highest BCUT2D eigenvalue weighted by atomic mass is 127. The molecule has 0 fully saturated rings. The van der Waals surface area contributed by atoms with Crippen molar-refractivity contribution in [3.8, 4) is 11.6 Å². The molecule has 10 heteroatoms. The molecular weight excluding hydrogens is 522 g/mol. The zero-order valence-corrected chi connectivity index (χ0v) is 20.2. The van der Waals surface area contributed by atoms with Gasteiger partial charge in [0.25, 0.3) is 0 Å². The second kappa shape index (κ2) is 9.46. The van der Waals surface area contributed by atoms with Crippen molar-refractivity contribution in [1.82, 2.24) is 19.1 Å². The Morgan fingerprint density at radius 1 is 1.33 bits per heavy atom. The molecular formula is C20H24FIN4O3S. The molecule has 1 aromatic carbocycles. The van der Waals surface area contributed by atoms with Crippen LogP contribution in [0.25, 0.3) is 10.9 Å². The van der Waals surface area contributed by atoms with Crippen LogP contribution in [0.4, 0.5) is 4.39 Å². The highest BCUT2D eigenvalue weighted by Gasteiger charge is 2.27. The van der Waals surface area contributed by atoms with E-state index in [1.54, 1.807) is 30.1 Å². The van der Waals surface area contributed by atoms with Gasteiger partial charge in [-0.2, -0.15) is 0 Å². The summed E-state index contributed by atoms with van der Waals surface area (Å²) in [6, 6.07) is 4.95. The van der Waals surface area contributed by atoms with E-state index < -0.39 is 5.82 Å². The SMILES string of the molecule is CC(=O)NCC(C)(C)c1cn(SI)c2cc(F)c(OCCOc3ccn(C)n3)cc12. The van der Waals surface area contributed by atoms with Gasteiger partial charge in [0.05, 0.1) is 5.52 Å². The van der Waals surface area contributed by atoms with E-state index in [2.05, 4.69) is 31.6 Å². The third kappa shape index (κ3) is 5.20. The molecule has 0 spiro atoms. The van der Waals surface area contributed by atoms with Crippen LogP contribution < -0.4 is 14.8 Å². The van der Waals surface area contributed by atoms with Crippen molar-refractivity contribution in [3.63, 3.8) is 0 Å². The number of hydrogen-bond donors (Lipinski definition) is 1. The molecule has 0 saturated carbocycles. The minimum atomic E-state index is -0.434. The molecule has 0 aliphatic heterocycles. The number of ether oxygens (including phenoxy) is 2. The van der Waals surface area contributed by atoms with Gasteiger partial charge in [0.1, 0.15) is 13.2 Å². The second-order valence-electron chi connectivity index (χ2n) is 7.56. The molecule has 0 bridgehead atoms. The zero-order chi connectivity index (χ0) is 21.9. The number of carbonyl (C=O) groups excluding carboxylic acids is 1. The van der Waals surface area contributed by atoms with Crippen molar-refractivity contribution in [3.05, 3.63) is 42.0 Å². The van der Waals surface area contributed by atoms with Crippen LogP contribution in [0.15, 0.2) is 30.6 Å². The van der Waals surface area contributed by atoms with Crippen LogP contribution in [0.1, 0.15) is 26.3 Å². The molecule has 162 valence electrons. The average Bonchev–Trinajstić information content (AvgIpc) is 3.27. The maximum Gasteiger partial charge on any atom is 0.232 e. The van der Waals surface area contributed by atoms with Gasteiger partial charge in [-0.05, 0) is 11.6 Å². The average molecular weight is 546 g/mol. The Hall–Kier alpha value is -1.95. The van der Waals surface area contributed by atoms with Gasteiger partial charge in [-0.1, -0.05) is 13.8 Å². The van der Waals surface area contributed by atoms with Crippen molar-refractivity contribution in [2.24, 2.45) is 7.05 Å². The fourth-order valence-electron chi connectivity index (χ4n) is 3.11. The molecule has 3 rings (SSSR count). The van der Waals surface area contributed by atoms with Gasteiger partial charge in [-0.3, -0.25) is 13.4 Å². The van der Waals surface area contributed by atoms with Crippen molar-refractivity contribution in [1.29, 1.82) is 0 Å². The van der Waals surface area contributed by atoms with Crippen molar-refractivity contribution < 1.29 is 18.7 Å². The number of amides is 1. The molecule has 30 heavy (non-hydrogen) atoms. The summed E-state index contributed by atoms with van der Waals surface area (Å²) in [6.07, 6.45) is 3.76. The molecule has 7 nitrogen and oxygen atoms in total. The molecule has 0 unspecified atom stereocenters. The van der Waals surface area contributed by atoms with Crippen molar-refractivity contribution >= 4 is 47.1 Å². The molecule has 0 aliphatic rings. The summed E-state index contributed by atoms with van der Waals surface area (Å²) in [5.41, 5.74) is 1.42. The number of aryl methyl sites for hydroxylation is 1. The monoisotopic (exact) mass is 546 g/mol. The Balaban J connectivity index is 1.81. The third-order valence-corrected chi connectivity index (χ3v) is 6.41. The fourth-order valence-corrected chi connectivity index (χ4v) is 4.46. The van der Waals surface area contributed by atoms with E-state index in [1.165, 1.54) is 22.1 Å². The Labute approximate surface area is 191 Å². The first-order valence-corrected chi connectivity index (χ1v) is 12.7. The van der Waals surface area contributed by atoms with E-state index >= 15 is 0 Å². The lowest BCUT2D eigenvalue weighted by Gasteiger charge is -2.24. The van der Waals surface area contributed by atoms with Crippen LogP contribution in [0.2, 0.25) is 0 Å². The Kier molecular flexibility index (Phi) is 7.17. The lowest BCUT2D eigenvalue weighted by Crippen LogP contribution is -2.35. The molecule has 1 amide bonds. The zero-order valence-electron chi connectivity index (χ0n) is 17.2. The maximum absolute atomic E-state index is 14.7. The Bertz CT molecular complexity index is 1050. The summed E-state index contributed by atoms with van der Waals surface area (Å²) in [5.74, 6) is 0.143. The largest absolute Gasteiger partial charge is 0.487 e. The number of hydrogen-bond acceptors (Lipinski definition) is 5. The highest BCUT2D eigenvalue weighted by Crippen LogP contribution is 2.38. The van der Waals surface area contributed by atoms with Crippen LogP contribution >= 0.6 is 30.3 Å². The number of nitrogens with one attached hydrogen (secondary N) is 1. The van der Waals surface area contributed by atoms with E-state index in [0.717, 1.165) is 16.5 Å². The van der Waals surface area contributed by atoms with Gasteiger partial charge in [-0.25, -0.2) is 4.39 Å². The van der Waals surface area contributed by atoms with Crippen molar-refractivity contribution in [2.45, 2.75) is 26.2 Å². The normalized spacial score (nSPS) is 11.7. The van der Waals surface area contributed by atoms with Gasteiger partial charge < -0.3 is 14.8 Å². The molecule has 0 radical (unpaired) electrons. The van der Waals surface area contributed by atoms with Gasteiger partial charge >= 0.3 is 0 Å². The minimum Gasteiger partial charge on any atom is -0.487 e. The number of rotatable bonds is 9. The number of nitrogens with zero attached hydrogens (tertiary/aromatic N) is 3. The van der Waals surface area contributed by atoms with Gasteiger partial charge in [0.15, 0.2) is 11.6 Å². The van der Waals surface area contributed by atoms with E-state index in [0.29, 0.717) is 12.4 Å². The third-order valence-electron chi connectivity index (χ3n) is 4.69. The predicted molar refractivity (Wildman–Crippen MR) is 125 cm³/mol. The second-order valence-corrected chi connectivity index (χ2v) is 9.27. The summed E-state index contributed by atoms with van der Waals surface area (Å²) in [7, 11) is 3.26. The van der Waals surface area contributed by atoms with E-state index in [4.69, 9.17) is 9.47 Å². The number of benzene rings is 1. The summed E-state index contributed by atoms with van der Waals surface area (Å²) in [6.45, 7) is 6.49. The van der Waals surface area contributed by atoms with Crippen molar-refractivity contribution in [2.75, 3.05) is 19.8 Å². The van der Waals surface area contributed by atoms with Crippen LogP contribution in [0.5, 0.6) is 11.6 Å². The van der Waals surface area contributed by atoms with Crippen LogP contribution in [-0.2, 0) is 17.3 Å². The first kappa shape index (κ1) is 22.7. The van der Waals surface area contributed by atoms with E-state index in [-0.39, 0.29) is 30.3 Å². The van der Waals surface area contributed by atoms with E-state index in [1.807, 2.05) is 24.0 Å². The van der Waals surface area contributed by atoms with Crippen LogP contribution in [0, 0.1) is 5.82 Å². The Morgan fingerprint density at radius 2 is 2.07 bits per heavy atom. The molecule has 0 atom stereocenters. The first-order chi connectivity index (χ1) is 14.2. The summed E-state index contributed by atoms with van der Waals surface area (Å²) >= 11 is 2.16. The summed E-state index contributed by atoms with van der Waals surface area (Å²) < 4.78 is 29.4. The van der Waals surface area contributed by atoms with Gasteiger partial charge in [0.2, 0.25) is 11.8 Å². The highest BCUT2D eigenvalue weighted by molar-refractivity contribution is 14.2. The minimum absolute atomic E-state index is 0.0851. The standard InChI is InChI=1S/C20H24FIN4O3S/c1-13(27)23-12-20(2,3)15-11-26(30-22)17-10-16(21)18(9-14(15)17)28-7-8-29-19-5-6-25(4)24-19/h5-6,9-11H,7-8,12H2,1-4H3,(H,23,27). The number of aromatic nitrogens is 3. The summed E-state index contributed by atoms with van der Waals surface area (Å²) in [5, 5.41) is 7.88. The number of halogens is 2. The lowest BCUT2D eigenvalue weighted by atomic mass is 9.84. The van der Waals surface area contributed by atoms with E-state index in [9.17, 15) is 9.18 Å². The van der Waals surface area contributed by atoms with Gasteiger partial charge in [0, 0.05) is 86.2 Å². The quantitative estimate of drug-likeness (QED) is 0.322. The fraction of sp³-hybridized carbons (Fsp3) is 0.400. The molecule has 0 saturated heterocycles.